The number of thiocarbonyl (C=S) groups is 1. The second kappa shape index (κ2) is 10.5. The van der Waals surface area contributed by atoms with Crippen molar-refractivity contribution in [1.82, 2.24) is 0 Å². The lowest BCUT2D eigenvalue weighted by molar-refractivity contribution is -0.113. The minimum atomic E-state index is -0.170. The molecule has 0 saturated carbocycles. The van der Waals surface area contributed by atoms with Gasteiger partial charge in [0.1, 0.15) is 24.7 Å². The lowest BCUT2D eigenvalue weighted by Crippen LogP contribution is -2.27. The lowest BCUT2D eigenvalue weighted by Gasteiger charge is -2.15. The number of anilines is 1. The third-order valence-corrected chi connectivity index (χ3v) is 7.03. The van der Waals surface area contributed by atoms with Crippen molar-refractivity contribution in [3.8, 4) is 11.5 Å². The molecule has 1 fully saturated rings. The first-order chi connectivity index (χ1) is 15.5. The zero-order chi connectivity index (χ0) is 22.5. The van der Waals surface area contributed by atoms with Gasteiger partial charge in [-0.2, -0.15) is 0 Å². The molecule has 0 bridgehead atoms. The predicted molar refractivity (Wildman–Crippen MR) is 139 cm³/mol. The standard InChI is InChI=1S/C24H17BrClNO3S2/c25-20-11-8-17(15-21(20)26)27-23(28)22(32-24(27)31)14-16-6-9-19(10-7-16)30-13-12-29-18-4-2-1-3-5-18/h1-11,14-15H,12-13H2. The minimum absolute atomic E-state index is 0.170. The molecule has 0 aliphatic carbocycles. The van der Waals surface area contributed by atoms with Crippen molar-refractivity contribution >= 4 is 73.5 Å². The smallest absolute Gasteiger partial charge is 0.270 e. The molecule has 3 aromatic carbocycles. The number of hydrogen-bond acceptors (Lipinski definition) is 5. The monoisotopic (exact) mass is 545 g/mol. The minimum Gasteiger partial charge on any atom is -0.490 e. The van der Waals surface area contributed by atoms with Crippen molar-refractivity contribution in [2.75, 3.05) is 18.1 Å². The molecule has 1 heterocycles. The number of hydrogen-bond donors (Lipinski definition) is 0. The maximum absolute atomic E-state index is 12.9. The van der Waals surface area contributed by atoms with Crippen LogP contribution in [-0.4, -0.2) is 23.4 Å². The van der Waals surface area contributed by atoms with Crippen LogP contribution < -0.4 is 14.4 Å². The Morgan fingerprint density at radius 1 is 0.969 bits per heavy atom. The number of rotatable bonds is 7. The highest BCUT2D eigenvalue weighted by molar-refractivity contribution is 9.10. The molecule has 3 aromatic rings. The third-order valence-electron chi connectivity index (χ3n) is 4.50. The van der Waals surface area contributed by atoms with E-state index in [4.69, 9.17) is 33.3 Å². The molecule has 1 saturated heterocycles. The highest BCUT2D eigenvalue weighted by Gasteiger charge is 2.33. The molecule has 1 amide bonds. The molecule has 4 nitrogen and oxygen atoms in total. The summed E-state index contributed by atoms with van der Waals surface area (Å²) in [5.41, 5.74) is 1.53. The Morgan fingerprint density at radius 3 is 2.28 bits per heavy atom. The van der Waals surface area contributed by atoms with Crippen LogP contribution in [0.1, 0.15) is 5.56 Å². The SMILES string of the molecule is O=C1C(=Cc2ccc(OCCOc3ccccc3)cc2)SC(=S)N1c1ccc(Br)c(Cl)c1. The fraction of sp³-hybridized carbons (Fsp3) is 0.0833. The highest BCUT2D eigenvalue weighted by Crippen LogP contribution is 2.38. The van der Waals surface area contributed by atoms with Crippen molar-refractivity contribution in [1.29, 1.82) is 0 Å². The van der Waals surface area contributed by atoms with Crippen LogP contribution in [-0.2, 0) is 4.79 Å². The average molecular weight is 547 g/mol. The quantitative estimate of drug-likeness (QED) is 0.182. The summed E-state index contributed by atoms with van der Waals surface area (Å²) in [6, 6.07) is 22.5. The van der Waals surface area contributed by atoms with Crippen LogP contribution in [0, 0.1) is 0 Å². The van der Waals surface area contributed by atoms with Gasteiger partial charge in [-0.3, -0.25) is 9.69 Å². The van der Waals surface area contributed by atoms with Crippen LogP contribution in [0.15, 0.2) is 82.2 Å². The van der Waals surface area contributed by atoms with Crippen LogP contribution >= 0.6 is 51.5 Å². The van der Waals surface area contributed by atoms with Gasteiger partial charge in [0.25, 0.3) is 5.91 Å². The molecule has 0 spiro atoms. The molecule has 32 heavy (non-hydrogen) atoms. The summed E-state index contributed by atoms with van der Waals surface area (Å²) in [5.74, 6) is 1.38. The number of amides is 1. The summed E-state index contributed by atoms with van der Waals surface area (Å²) in [6.45, 7) is 0.886. The first-order valence-corrected chi connectivity index (χ1v) is 12.0. The number of benzene rings is 3. The van der Waals surface area contributed by atoms with Crippen molar-refractivity contribution < 1.29 is 14.3 Å². The van der Waals surface area contributed by atoms with Crippen LogP contribution in [0.4, 0.5) is 5.69 Å². The molecule has 0 aromatic heterocycles. The zero-order valence-corrected chi connectivity index (χ0v) is 20.6. The molecule has 0 N–H and O–H groups in total. The van der Waals surface area contributed by atoms with Crippen LogP contribution in [0.3, 0.4) is 0 Å². The van der Waals surface area contributed by atoms with Gasteiger partial charge in [-0.15, -0.1) is 0 Å². The van der Waals surface area contributed by atoms with Gasteiger partial charge in [0.05, 0.1) is 15.6 Å². The maximum atomic E-state index is 12.9. The molecule has 0 radical (unpaired) electrons. The molecule has 1 aliphatic rings. The molecule has 4 rings (SSSR count). The van der Waals surface area contributed by atoms with Gasteiger partial charge >= 0.3 is 0 Å². The van der Waals surface area contributed by atoms with Gasteiger partial charge in [-0.25, -0.2) is 0 Å². The average Bonchev–Trinajstić information content (AvgIpc) is 3.08. The third kappa shape index (κ3) is 5.53. The Morgan fingerprint density at radius 2 is 1.62 bits per heavy atom. The van der Waals surface area contributed by atoms with E-state index in [0.717, 1.165) is 21.5 Å². The summed E-state index contributed by atoms with van der Waals surface area (Å²) >= 11 is 16.2. The van der Waals surface area contributed by atoms with E-state index in [9.17, 15) is 4.79 Å². The van der Waals surface area contributed by atoms with Gasteiger partial charge < -0.3 is 9.47 Å². The van der Waals surface area contributed by atoms with Crippen LogP contribution in [0.25, 0.3) is 6.08 Å². The Kier molecular flexibility index (Phi) is 7.52. The van der Waals surface area contributed by atoms with Crippen molar-refractivity contribution in [3.05, 3.63) is 92.8 Å². The normalized spacial score (nSPS) is 14.8. The number of carbonyl (C=O) groups excluding carboxylic acids is 1. The highest BCUT2D eigenvalue weighted by atomic mass is 79.9. The van der Waals surface area contributed by atoms with E-state index in [0.29, 0.717) is 33.1 Å². The fourth-order valence-electron chi connectivity index (χ4n) is 2.96. The largest absolute Gasteiger partial charge is 0.490 e. The number of nitrogens with zero attached hydrogens (tertiary/aromatic N) is 1. The Bertz CT molecular complexity index is 1170. The van der Waals surface area contributed by atoms with Crippen LogP contribution in [0.5, 0.6) is 11.5 Å². The Balaban J connectivity index is 1.36. The molecule has 8 heteroatoms. The Hall–Kier alpha value is -2.32. The zero-order valence-electron chi connectivity index (χ0n) is 16.7. The second-order valence-corrected chi connectivity index (χ2v) is 9.63. The number of ether oxygens (including phenoxy) is 2. The van der Waals surface area contributed by atoms with Gasteiger partial charge in [0, 0.05) is 4.47 Å². The van der Waals surface area contributed by atoms with E-state index in [-0.39, 0.29) is 5.91 Å². The van der Waals surface area contributed by atoms with Gasteiger partial charge in [0.2, 0.25) is 0 Å². The molecular formula is C24H17BrClNO3S2. The van der Waals surface area contributed by atoms with E-state index < -0.39 is 0 Å². The summed E-state index contributed by atoms with van der Waals surface area (Å²) < 4.78 is 12.6. The molecule has 162 valence electrons. The number of carbonyl (C=O) groups is 1. The van der Waals surface area contributed by atoms with E-state index in [1.807, 2.05) is 60.7 Å². The first-order valence-electron chi connectivity index (χ1n) is 9.65. The Labute approximate surface area is 209 Å². The molecule has 1 aliphatic heterocycles. The predicted octanol–water partition coefficient (Wildman–Crippen LogP) is 6.97. The number of thioether (sulfide) groups is 1. The van der Waals surface area contributed by atoms with Gasteiger partial charge in [-0.1, -0.05) is 65.9 Å². The summed E-state index contributed by atoms with van der Waals surface area (Å²) in [4.78, 5) is 15.0. The molecular weight excluding hydrogens is 530 g/mol. The second-order valence-electron chi connectivity index (χ2n) is 6.69. The summed E-state index contributed by atoms with van der Waals surface area (Å²) in [5, 5.41) is 0.519. The lowest BCUT2D eigenvalue weighted by atomic mass is 10.2. The number of halogens is 2. The first kappa shape index (κ1) is 22.9. The van der Waals surface area contributed by atoms with E-state index >= 15 is 0 Å². The topological polar surface area (TPSA) is 38.8 Å². The maximum Gasteiger partial charge on any atom is 0.270 e. The molecule has 0 atom stereocenters. The summed E-state index contributed by atoms with van der Waals surface area (Å²) in [7, 11) is 0. The van der Waals surface area contributed by atoms with Gasteiger partial charge in [-0.05, 0) is 70.0 Å². The molecule has 0 unspecified atom stereocenters. The summed E-state index contributed by atoms with van der Waals surface area (Å²) in [6.07, 6.45) is 1.82. The fourth-order valence-corrected chi connectivity index (χ4v) is 4.68. The van der Waals surface area contributed by atoms with Crippen molar-refractivity contribution in [2.24, 2.45) is 0 Å². The van der Waals surface area contributed by atoms with E-state index in [1.165, 1.54) is 16.7 Å². The van der Waals surface area contributed by atoms with Crippen molar-refractivity contribution in [3.63, 3.8) is 0 Å². The van der Waals surface area contributed by atoms with E-state index in [1.54, 1.807) is 18.2 Å². The van der Waals surface area contributed by atoms with E-state index in [2.05, 4.69) is 15.9 Å². The van der Waals surface area contributed by atoms with Crippen molar-refractivity contribution in [2.45, 2.75) is 0 Å². The van der Waals surface area contributed by atoms with Crippen LogP contribution in [0.2, 0.25) is 5.02 Å². The van der Waals surface area contributed by atoms with Gasteiger partial charge in [0.15, 0.2) is 4.32 Å². The number of para-hydroxylation sites is 1.